The number of hydrogen-bond donors (Lipinski definition) is 1. The van der Waals surface area contributed by atoms with Gasteiger partial charge in [-0.15, -0.1) is 0 Å². The summed E-state index contributed by atoms with van der Waals surface area (Å²) in [5, 5.41) is 0. The fourth-order valence-electron chi connectivity index (χ4n) is 1.82. The highest BCUT2D eigenvalue weighted by molar-refractivity contribution is 5.75. The zero-order chi connectivity index (χ0) is 11.8. The largest absolute Gasteiger partial charge is 0.458 e. The van der Waals surface area contributed by atoms with Gasteiger partial charge in [-0.25, -0.2) is 9.97 Å². The van der Waals surface area contributed by atoms with Crippen molar-refractivity contribution in [3.63, 3.8) is 0 Å². The third kappa shape index (κ3) is 1.71. The Morgan fingerprint density at radius 2 is 2.24 bits per heavy atom. The Morgan fingerprint density at radius 3 is 3.00 bits per heavy atom. The lowest BCUT2D eigenvalue weighted by molar-refractivity contribution is 0.526. The molecule has 1 N–H and O–H groups in total. The van der Waals surface area contributed by atoms with Crippen molar-refractivity contribution in [3.8, 4) is 11.6 Å². The highest BCUT2D eigenvalue weighted by atomic mass is 16.3. The predicted molar refractivity (Wildman–Crippen MR) is 65.7 cm³/mol. The maximum Gasteiger partial charge on any atom is 0.178 e. The summed E-state index contributed by atoms with van der Waals surface area (Å²) >= 11 is 0. The molecular formula is C13H13N3O. The number of imidazole rings is 1. The molecule has 0 bridgehead atoms. The van der Waals surface area contributed by atoms with E-state index in [4.69, 9.17) is 4.42 Å². The van der Waals surface area contributed by atoms with Crippen molar-refractivity contribution in [2.45, 2.75) is 20.3 Å². The first-order chi connectivity index (χ1) is 8.26. The van der Waals surface area contributed by atoms with Crippen molar-refractivity contribution in [2.75, 3.05) is 0 Å². The van der Waals surface area contributed by atoms with Crippen LogP contribution in [0.25, 0.3) is 22.7 Å². The van der Waals surface area contributed by atoms with Gasteiger partial charge in [-0.1, -0.05) is 6.92 Å². The van der Waals surface area contributed by atoms with E-state index in [9.17, 15) is 0 Å². The van der Waals surface area contributed by atoms with Gasteiger partial charge in [0.05, 0.1) is 5.52 Å². The number of furan rings is 1. The molecule has 0 spiro atoms. The van der Waals surface area contributed by atoms with Crippen LogP contribution in [0.15, 0.2) is 28.8 Å². The van der Waals surface area contributed by atoms with Crippen LogP contribution in [-0.2, 0) is 6.42 Å². The van der Waals surface area contributed by atoms with Crippen molar-refractivity contribution < 1.29 is 4.42 Å². The smallest absolute Gasteiger partial charge is 0.178 e. The summed E-state index contributed by atoms with van der Waals surface area (Å²) in [5.74, 6) is 2.46. The van der Waals surface area contributed by atoms with E-state index in [1.165, 1.54) is 0 Å². The number of aryl methyl sites for hydroxylation is 2. The molecule has 3 heterocycles. The van der Waals surface area contributed by atoms with Crippen LogP contribution in [0.4, 0.5) is 0 Å². The molecule has 0 saturated heterocycles. The maximum atomic E-state index is 5.66. The van der Waals surface area contributed by atoms with Gasteiger partial charge in [0.25, 0.3) is 0 Å². The molecule has 3 aromatic heterocycles. The summed E-state index contributed by atoms with van der Waals surface area (Å²) in [6.07, 6.45) is 2.70. The number of nitrogens with zero attached hydrogens (tertiary/aromatic N) is 2. The van der Waals surface area contributed by atoms with E-state index < -0.39 is 0 Å². The molecule has 0 aromatic carbocycles. The molecule has 4 nitrogen and oxygen atoms in total. The maximum absolute atomic E-state index is 5.66. The first-order valence-electron chi connectivity index (χ1n) is 5.67. The van der Waals surface area contributed by atoms with Gasteiger partial charge < -0.3 is 9.40 Å². The minimum absolute atomic E-state index is 0.722. The van der Waals surface area contributed by atoms with Crippen LogP contribution in [0, 0.1) is 6.92 Å². The Labute approximate surface area is 98.7 Å². The first-order valence-corrected chi connectivity index (χ1v) is 5.67. The molecule has 0 unspecified atom stereocenters. The standard InChI is InChI=1S/C13H13N3O/c1-3-9-4-5-11(17-9)13-15-10-6-8(2)7-14-12(10)16-13/h4-7H,3H2,1-2H3,(H,14,15,16). The molecule has 0 aliphatic heterocycles. The normalized spacial score (nSPS) is 11.2. The average Bonchev–Trinajstić information content (AvgIpc) is 2.93. The molecule has 0 atom stereocenters. The Hall–Kier alpha value is -2.10. The molecule has 86 valence electrons. The minimum atomic E-state index is 0.722. The van der Waals surface area contributed by atoms with E-state index in [-0.39, 0.29) is 0 Å². The molecule has 0 radical (unpaired) electrons. The second-order valence-electron chi connectivity index (χ2n) is 4.09. The summed E-state index contributed by atoms with van der Waals surface area (Å²) in [5.41, 5.74) is 2.77. The van der Waals surface area contributed by atoms with Gasteiger partial charge in [0, 0.05) is 12.6 Å². The summed E-state index contributed by atoms with van der Waals surface area (Å²) < 4.78 is 5.66. The third-order valence-electron chi connectivity index (χ3n) is 2.72. The molecule has 0 aliphatic carbocycles. The first kappa shape index (κ1) is 10.1. The van der Waals surface area contributed by atoms with Gasteiger partial charge in [0.1, 0.15) is 5.76 Å². The fraction of sp³-hybridized carbons (Fsp3) is 0.231. The highest BCUT2D eigenvalue weighted by Crippen LogP contribution is 2.22. The van der Waals surface area contributed by atoms with Crippen molar-refractivity contribution in [2.24, 2.45) is 0 Å². The molecule has 0 aliphatic rings. The van der Waals surface area contributed by atoms with Crippen molar-refractivity contribution in [1.29, 1.82) is 0 Å². The van der Waals surface area contributed by atoms with Gasteiger partial charge in [0.2, 0.25) is 0 Å². The minimum Gasteiger partial charge on any atom is -0.458 e. The zero-order valence-electron chi connectivity index (χ0n) is 9.82. The molecule has 17 heavy (non-hydrogen) atoms. The number of nitrogens with one attached hydrogen (secondary N) is 1. The van der Waals surface area contributed by atoms with Crippen molar-refractivity contribution in [1.82, 2.24) is 15.0 Å². The fourth-order valence-corrected chi connectivity index (χ4v) is 1.82. The monoisotopic (exact) mass is 227 g/mol. The van der Waals surface area contributed by atoms with Gasteiger partial charge in [-0.3, -0.25) is 0 Å². The third-order valence-corrected chi connectivity index (χ3v) is 2.72. The molecule has 4 heteroatoms. The molecule has 0 saturated carbocycles. The summed E-state index contributed by atoms with van der Waals surface area (Å²) in [4.78, 5) is 11.9. The van der Waals surface area contributed by atoms with Crippen molar-refractivity contribution >= 4 is 11.2 Å². The zero-order valence-corrected chi connectivity index (χ0v) is 9.82. The number of H-pyrrole nitrogens is 1. The van der Waals surface area contributed by atoms with Gasteiger partial charge in [-0.05, 0) is 30.7 Å². The van der Waals surface area contributed by atoms with Gasteiger partial charge in [0.15, 0.2) is 17.2 Å². The SMILES string of the molecule is CCc1ccc(-c2nc3ncc(C)cc3[nH]2)o1. The van der Waals surface area contributed by atoms with Gasteiger partial charge in [-0.2, -0.15) is 0 Å². The molecular weight excluding hydrogens is 214 g/mol. The summed E-state index contributed by atoms with van der Waals surface area (Å²) in [7, 11) is 0. The van der Waals surface area contributed by atoms with E-state index in [1.54, 1.807) is 0 Å². The average molecular weight is 227 g/mol. The Bertz CT molecular complexity index is 666. The van der Waals surface area contributed by atoms with Crippen LogP contribution in [0.3, 0.4) is 0 Å². The van der Waals surface area contributed by atoms with Crippen LogP contribution >= 0.6 is 0 Å². The number of hydrogen-bond acceptors (Lipinski definition) is 3. The molecule has 3 rings (SSSR count). The van der Waals surface area contributed by atoms with E-state index >= 15 is 0 Å². The second-order valence-corrected chi connectivity index (χ2v) is 4.09. The van der Waals surface area contributed by atoms with Crippen molar-refractivity contribution in [3.05, 3.63) is 35.7 Å². The van der Waals surface area contributed by atoms with E-state index in [0.29, 0.717) is 0 Å². The van der Waals surface area contributed by atoms with E-state index in [2.05, 4.69) is 21.9 Å². The Morgan fingerprint density at radius 1 is 1.35 bits per heavy atom. The number of pyridine rings is 1. The summed E-state index contributed by atoms with van der Waals surface area (Å²) in [6, 6.07) is 5.94. The molecule has 3 aromatic rings. The van der Waals surface area contributed by atoms with Gasteiger partial charge >= 0.3 is 0 Å². The Kier molecular flexibility index (Phi) is 2.21. The number of aromatic nitrogens is 3. The van der Waals surface area contributed by atoms with Crippen LogP contribution in [-0.4, -0.2) is 15.0 Å². The summed E-state index contributed by atoms with van der Waals surface area (Å²) in [6.45, 7) is 4.07. The van der Waals surface area contributed by atoms with Crippen LogP contribution < -0.4 is 0 Å². The molecule has 0 fully saturated rings. The van der Waals surface area contributed by atoms with E-state index in [1.807, 2.05) is 31.3 Å². The lowest BCUT2D eigenvalue weighted by atomic mass is 10.3. The quantitative estimate of drug-likeness (QED) is 0.731. The molecule has 0 amide bonds. The van der Waals surface area contributed by atoms with Crippen LogP contribution in [0.1, 0.15) is 18.2 Å². The second kappa shape index (κ2) is 3.73. The Balaban J connectivity index is 2.11. The highest BCUT2D eigenvalue weighted by Gasteiger charge is 2.09. The van der Waals surface area contributed by atoms with E-state index in [0.717, 1.165) is 40.5 Å². The number of fused-ring (bicyclic) bond motifs is 1. The number of rotatable bonds is 2. The predicted octanol–water partition coefficient (Wildman–Crippen LogP) is 3.09. The topological polar surface area (TPSA) is 54.7 Å². The number of aromatic amines is 1. The lowest BCUT2D eigenvalue weighted by Gasteiger charge is -1.89. The van der Waals surface area contributed by atoms with Crippen LogP contribution in [0.2, 0.25) is 0 Å². The lowest BCUT2D eigenvalue weighted by Crippen LogP contribution is -1.78. The van der Waals surface area contributed by atoms with Crippen LogP contribution in [0.5, 0.6) is 0 Å².